The molecule has 5 nitrogen and oxygen atoms in total. The average Bonchev–Trinajstić information content (AvgIpc) is 3.20. The minimum atomic E-state index is -0.221. The topological polar surface area (TPSA) is 59.8 Å². The van der Waals surface area contributed by atoms with Crippen molar-refractivity contribution in [3.63, 3.8) is 0 Å². The van der Waals surface area contributed by atoms with Gasteiger partial charge in [0.1, 0.15) is 0 Å². The molecule has 1 heterocycles. The lowest BCUT2D eigenvalue weighted by Gasteiger charge is -2.06. The van der Waals surface area contributed by atoms with Gasteiger partial charge in [-0.05, 0) is 30.3 Å². The molecule has 1 N–H and O–H groups in total. The number of anilines is 1. The molecule has 4 rings (SSSR count). The second-order valence-electron chi connectivity index (χ2n) is 6.29. The van der Waals surface area contributed by atoms with Gasteiger partial charge < -0.3 is 5.32 Å². The van der Waals surface area contributed by atoms with E-state index in [4.69, 9.17) is 23.2 Å². The number of thioether (sulfide) groups is 1. The van der Waals surface area contributed by atoms with Crippen molar-refractivity contribution < 1.29 is 4.79 Å². The van der Waals surface area contributed by atoms with Crippen molar-refractivity contribution in [3.05, 3.63) is 88.9 Å². The standard InChI is InChI=1S/C22H16Cl2N4OS/c23-16-11-12-18(24)19(13-16)25-20(29)14-30-22-26-21(15-7-3-1-4-8-15)28(27-22)17-9-5-2-6-10-17/h1-13H,14H2,(H,25,29). The number of hydrogen-bond acceptors (Lipinski definition) is 4. The fourth-order valence-corrected chi connectivity index (χ4v) is 3.75. The van der Waals surface area contributed by atoms with Gasteiger partial charge in [0, 0.05) is 10.6 Å². The molecule has 1 amide bonds. The summed E-state index contributed by atoms with van der Waals surface area (Å²) < 4.78 is 1.78. The summed E-state index contributed by atoms with van der Waals surface area (Å²) in [7, 11) is 0. The summed E-state index contributed by atoms with van der Waals surface area (Å²) in [5.41, 5.74) is 2.31. The molecular weight excluding hydrogens is 439 g/mol. The second kappa shape index (κ2) is 9.34. The van der Waals surface area contributed by atoms with E-state index in [-0.39, 0.29) is 11.7 Å². The highest BCUT2D eigenvalue weighted by Gasteiger charge is 2.15. The lowest BCUT2D eigenvalue weighted by atomic mass is 10.2. The monoisotopic (exact) mass is 454 g/mol. The summed E-state index contributed by atoms with van der Waals surface area (Å²) >= 11 is 13.3. The molecule has 0 bridgehead atoms. The van der Waals surface area contributed by atoms with Crippen LogP contribution in [0.3, 0.4) is 0 Å². The van der Waals surface area contributed by atoms with E-state index >= 15 is 0 Å². The van der Waals surface area contributed by atoms with Gasteiger partial charge in [-0.1, -0.05) is 83.5 Å². The van der Waals surface area contributed by atoms with Crippen molar-refractivity contribution in [1.29, 1.82) is 0 Å². The van der Waals surface area contributed by atoms with E-state index in [2.05, 4.69) is 15.4 Å². The van der Waals surface area contributed by atoms with Crippen LogP contribution in [0.25, 0.3) is 17.1 Å². The number of carbonyl (C=O) groups excluding carboxylic acids is 1. The van der Waals surface area contributed by atoms with Gasteiger partial charge in [-0.25, -0.2) is 9.67 Å². The zero-order valence-electron chi connectivity index (χ0n) is 15.6. The molecule has 30 heavy (non-hydrogen) atoms. The van der Waals surface area contributed by atoms with E-state index in [1.54, 1.807) is 22.9 Å². The number of rotatable bonds is 6. The molecule has 0 fully saturated rings. The van der Waals surface area contributed by atoms with E-state index in [1.165, 1.54) is 11.8 Å². The van der Waals surface area contributed by atoms with Crippen molar-refractivity contribution in [2.45, 2.75) is 5.16 Å². The van der Waals surface area contributed by atoms with Gasteiger partial charge >= 0.3 is 0 Å². The molecular formula is C22H16Cl2N4OS. The molecule has 0 aliphatic heterocycles. The van der Waals surface area contributed by atoms with Crippen LogP contribution in [0.15, 0.2) is 84.0 Å². The minimum Gasteiger partial charge on any atom is -0.324 e. The van der Waals surface area contributed by atoms with Crippen molar-refractivity contribution in [2.24, 2.45) is 0 Å². The first-order valence-corrected chi connectivity index (χ1v) is 10.8. The summed E-state index contributed by atoms with van der Waals surface area (Å²) in [6.45, 7) is 0. The van der Waals surface area contributed by atoms with Gasteiger partial charge in [-0.3, -0.25) is 4.79 Å². The molecule has 3 aromatic carbocycles. The van der Waals surface area contributed by atoms with Gasteiger partial charge in [0.05, 0.1) is 22.2 Å². The zero-order chi connectivity index (χ0) is 20.9. The molecule has 0 spiro atoms. The van der Waals surface area contributed by atoms with Crippen molar-refractivity contribution in [1.82, 2.24) is 14.8 Å². The maximum atomic E-state index is 12.4. The largest absolute Gasteiger partial charge is 0.324 e. The zero-order valence-corrected chi connectivity index (χ0v) is 18.0. The number of halogens is 2. The minimum absolute atomic E-state index is 0.135. The van der Waals surface area contributed by atoms with Gasteiger partial charge in [0.2, 0.25) is 11.1 Å². The fraction of sp³-hybridized carbons (Fsp3) is 0.0455. The third kappa shape index (κ3) is 4.84. The number of nitrogens with one attached hydrogen (secondary N) is 1. The molecule has 0 saturated carbocycles. The van der Waals surface area contributed by atoms with Crippen LogP contribution in [0.4, 0.5) is 5.69 Å². The summed E-state index contributed by atoms with van der Waals surface area (Å²) in [6.07, 6.45) is 0. The number of benzene rings is 3. The Labute approximate surface area is 188 Å². The van der Waals surface area contributed by atoms with Gasteiger partial charge in [-0.2, -0.15) is 0 Å². The average molecular weight is 455 g/mol. The quantitative estimate of drug-likeness (QED) is 0.364. The first kappa shape index (κ1) is 20.5. The Hall–Kier alpha value is -2.80. The van der Waals surface area contributed by atoms with Gasteiger partial charge in [0.25, 0.3) is 0 Å². The van der Waals surface area contributed by atoms with Crippen LogP contribution < -0.4 is 5.32 Å². The Bertz CT molecular complexity index is 1110. The van der Waals surface area contributed by atoms with Crippen LogP contribution in [0.1, 0.15) is 0 Å². The highest BCUT2D eigenvalue weighted by atomic mass is 35.5. The summed E-state index contributed by atoms with van der Waals surface area (Å²) in [5, 5.41) is 8.81. The van der Waals surface area contributed by atoms with Crippen LogP contribution in [-0.2, 0) is 4.79 Å². The normalized spacial score (nSPS) is 10.7. The highest BCUT2D eigenvalue weighted by molar-refractivity contribution is 7.99. The summed E-state index contributed by atoms with van der Waals surface area (Å²) in [4.78, 5) is 17.0. The molecule has 0 aliphatic rings. The fourth-order valence-electron chi connectivity index (χ4n) is 2.79. The van der Waals surface area contributed by atoms with E-state index in [0.29, 0.717) is 26.7 Å². The molecule has 4 aromatic rings. The van der Waals surface area contributed by atoms with E-state index in [9.17, 15) is 4.79 Å². The Balaban J connectivity index is 1.54. The third-order valence-electron chi connectivity index (χ3n) is 4.16. The van der Waals surface area contributed by atoms with E-state index in [1.807, 2.05) is 60.7 Å². The van der Waals surface area contributed by atoms with Crippen molar-refractivity contribution >= 4 is 46.6 Å². The molecule has 0 atom stereocenters. The van der Waals surface area contributed by atoms with Crippen molar-refractivity contribution in [2.75, 3.05) is 11.1 Å². The third-order valence-corrected chi connectivity index (χ3v) is 5.56. The van der Waals surface area contributed by atoms with Crippen LogP contribution in [0.5, 0.6) is 0 Å². The van der Waals surface area contributed by atoms with Gasteiger partial charge in [-0.15, -0.1) is 5.10 Å². The Morgan fingerprint density at radius 3 is 2.40 bits per heavy atom. The number of para-hydroxylation sites is 1. The van der Waals surface area contributed by atoms with Crippen LogP contribution in [-0.4, -0.2) is 26.4 Å². The summed E-state index contributed by atoms with van der Waals surface area (Å²) in [5.74, 6) is 0.625. The SMILES string of the molecule is O=C(CSc1nc(-c2ccccc2)n(-c2ccccc2)n1)Nc1cc(Cl)ccc1Cl. The molecule has 1 aromatic heterocycles. The maximum Gasteiger partial charge on any atom is 0.234 e. The Morgan fingerprint density at radius 2 is 1.67 bits per heavy atom. The number of nitrogens with zero attached hydrogens (tertiary/aromatic N) is 3. The smallest absolute Gasteiger partial charge is 0.234 e. The first-order valence-electron chi connectivity index (χ1n) is 9.06. The Kier molecular flexibility index (Phi) is 6.38. The van der Waals surface area contributed by atoms with Gasteiger partial charge in [0.15, 0.2) is 5.82 Å². The maximum absolute atomic E-state index is 12.4. The number of carbonyl (C=O) groups is 1. The number of hydrogen-bond donors (Lipinski definition) is 1. The molecule has 0 saturated heterocycles. The number of aromatic nitrogens is 3. The highest BCUT2D eigenvalue weighted by Crippen LogP contribution is 2.27. The predicted molar refractivity (Wildman–Crippen MR) is 123 cm³/mol. The molecule has 8 heteroatoms. The first-order chi connectivity index (χ1) is 14.6. The van der Waals surface area contributed by atoms with Crippen LogP contribution in [0.2, 0.25) is 10.0 Å². The van der Waals surface area contributed by atoms with E-state index in [0.717, 1.165) is 11.3 Å². The van der Waals surface area contributed by atoms with Crippen molar-refractivity contribution in [3.8, 4) is 17.1 Å². The van der Waals surface area contributed by atoms with Crippen LogP contribution in [0, 0.1) is 0 Å². The molecule has 0 radical (unpaired) electrons. The lowest BCUT2D eigenvalue weighted by Crippen LogP contribution is -2.14. The predicted octanol–water partition coefficient (Wildman–Crippen LogP) is 5.97. The lowest BCUT2D eigenvalue weighted by molar-refractivity contribution is -0.113. The van der Waals surface area contributed by atoms with E-state index < -0.39 is 0 Å². The number of amides is 1. The Morgan fingerprint density at radius 1 is 0.967 bits per heavy atom. The summed E-state index contributed by atoms with van der Waals surface area (Å²) in [6, 6.07) is 24.5. The van der Waals surface area contributed by atoms with Crippen LogP contribution >= 0.6 is 35.0 Å². The second-order valence-corrected chi connectivity index (χ2v) is 8.08. The molecule has 150 valence electrons. The molecule has 0 aliphatic carbocycles. The molecule has 0 unspecified atom stereocenters.